The molecule has 0 N–H and O–H groups in total. The fraction of sp³-hybridized carbons (Fsp3) is 0.500. The summed E-state index contributed by atoms with van der Waals surface area (Å²) in [6.45, 7) is 2.89. The van der Waals surface area contributed by atoms with Gasteiger partial charge >= 0.3 is 0 Å². The Morgan fingerprint density at radius 1 is 1.40 bits per heavy atom. The number of hydrogen-bond acceptors (Lipinski definition) is 2. The molecule has 0 fully saturated rings. The average molecular weight is 318 g/mol. The van der Waals surface area contributed by atoms with Crippen molar-refractivity contribution in [1.82, 2.24) is 14.5 Å². The van der Waals surface area contributed by atoms with Crippen molar-refractivity contribution in [2.24, 2.45) is 0 Å². The standard InChI is InChI=1S/C14H18Cl2FN3/c1-9(19(2)3)8-20-13-6-10(16)11(17)7-12(13)18-14(20)4-5-15/h6-7,9H,4-5,8H2,1-3H3. The maximum absolute atomic E-state index is 13.6. The van der Waals surface area contributed by atoms with Crippen molar-refractivity contribution in [3.05, 3.63) is 28.8 Å². The van der Waals surface area contributed by atoms with E-state index in [1.54, 1.807) is 6.07 Å². The van der Waals surface area contributed by atoms with Crippen molar-refractivity contribution in [2.75, 3.05) is 20.0 Å². The van der Waals surface area contributed by atoms with Crippen LogP contribution in [0.5, 0.6) is 0 Å². The smallest absolute Gasteiger partial charge is 0.144 e. The van der Waals surface area contributed by atoms with Gasteiger partial charge in [0.25, 0.3) is 0 Å². The zero-order chi connectivity index (χ0) is 14.9. The Hall–Kier alpha value is -0.840. The Morgan fingerprint density at radius 3 is 2.70 bits per heavy atom. The van der Waals surface area contributed by atoms with E-state index >= 15 is 0 Å². The maximum Gasteiger partial charge on any atom is 0.144 e. The minimum Gasteiger partial charge on any atom is -0.326 e. The molecule has 1 unspecified atom stereocenters. The highest BCUT2D eigenvalue weighted by Crippen LogP contribution is 2.24. The third-order valence-electron chi connectivity index (χ3n) is 3.52. The van der Waals surface area contributed by atoms with Gasteiger partial charge in [-0.2, -0.15) is 0 Å². The van der Waals surface area contributed by atoms with Crippen LogP contribution in [0.2, 0.25) is 5.02 Å². The van der Waals surface area contributed by atoms with Crippen LogP contribution in [-0.4, -0.2) is 40.5 Å². The summed E-state index contributed by atoms with van der Waals surface area (Å²) in [5.41, 5.74) is 1.48. The number of rotatable bonds is 5. The lowest BCUT2D eigenvalue weighted by molar-refractivity contribution is 0.284. The summed E-state index contributed by atoms with van der Waals surface area (Å²) < 4.78 is 15.6. The van der Waals surface area contributed by atoms with Crippen LogP contribution in [0.4, 0.5) is 4.39 Å². The second-order valence-corrected chi connectivity index (χ2v) is 5.93. The highest BCUT2D eigenvalue weighted by atomic mass is 35.5. The lowest BCUT2D eigenvalue weighted by Crippen LogP contribution is -2.29. The van der Waals surface area contributed by atoms with Gasteiger partial charge < -0.3 is 9.47 Å². The van der Waals surface area contributed by atoms with E-state index in [0.717, 1.165) is 17.9 Å². The van der Waals surface area contributed by atoms with Gasteiger partial charge in [0.2, 0.25) is 0 Å². The molecular formula is C14H18Cl2FN3. The van der Waals surface area contributed by atoms with Crippen LogP contribution >= 0.6 is 23.2 Å². The van der Waals surface area contributed by atoms with Gasteiger partial charge in [0.1, 0.15) is 11.6 Å². The SMILES string of the molecule is CC(Cn1c(CCCl)nc2cc(F)c(Cl)cc21)N(C)C. The normalized spacial score (nSPS) is 13.3. The first-order valence-corrected chi connectivity index (χ1v) is 7.41. The van der Waals surface area contributed by atoms with Crippen LogP contribution in [0.1, 0.15) is 12.7 Å². The number of halogens is 3. The number of likely N-dealkylation sites (N-methyl/N-ethyl adjacent to an activating group) is 1. The van der Waals surface area contributed by atoms with Crippen LogP contribution in [-0.2, 0) is 13.0 Å². The second-order valence-electron chi connectivity index (χ2n) is 5.15. The number of aryl methyl sites for hydroxylation is 1. The van der Waals surface area contributed by atoms with Gasteiger partial charge in [-0.1, -0.05) is 11.6 Å². The monoisotopic (exact) mass is 317 g/mol. The first kappa shape index (κ1) is 15.5. The molecule has 0 aliphatic heterocycles. The lowest BCUT2D eigenvalue weighted by Gasteiger charge is -2.21. The summed E-state index contributed by atoms with van der Waals surface area (Å²) in [6, 6.07) is 3.34. The van der Waals surface area contributed by atoms with Gasteiger partial charge in [-0.05, 0) is 27.1 Å². The van der Waals surface area contributed by atoms with Crippen LogP contribution in [0.25, 0.3) is 11.0 Å². The molecule has 0 spiro atoms. The van der Waals surface area contributed by atoms with Gasteiger partial charge in [-0.15, -0.1) is 11.6 Å². The second kappa shape index (κ2) is 6.29. The molecule has 1 aromatic heterocycles. The topological polar surface area (TPSA) is 21.1 Å². The lowest BCUT2D eigenvalue weighted by atomic mass is 10.2. The molecule has 2 rings (SSSR count). The number of fused-ring (bicyclic) bond motifs is 1. The van der Waals surface area contributed by atoms with E-state index in [9.17, 15) is 4.39 Å². The Morgan fingerprint density at radius 2 is 2.10 bits per heavy atom. The van der Waals surface area contributed by atoms with E-state index < -0.39 is 5.82 Å². The predicted molar refractivity (Wildman–Crippen MR) is 82.3 cm³/mol. The molecule has 0 saturated carbocycles. The Labute approximate surface area is 128 Å². The van der Waals surface area contributed by atoms with Crippen LogP contribution < -0.4 is 0 Å². The number of imidazole rings is 1. The number of nitrogens with zero attached hydrogens (tertiary/aromatic N) is 3. The van der Waals surface area contributed by atoms with Gasteiger partial charge in [0.15, 0.2) is 0 Å². The van der Waals surface area contributed by atoms with Crippen molar-refractivity contribution in [3.63, 3.8) is 0 Å². The molecule has 1 aromatic carbocycles. The van der Waals surface area contributed by atoms with Crippen molar-refractivity contribution >= 4 is 34.2 Å². The first-order valence-electron chi connectivity index (χ1n) is 6.50. The average Bonchev–Trinajstić information content (AvgIpc) is 2.68. The van der Waals surface area contributed by atoms with E-state index in [2.05, 4.69) is 21.4 Å². The van der Waals surface area contributed by atoms with Crippen molar-refractivity contribution in [3.8, 4) is 0 Å². The summed E-state index contributed by atoms with van der Waals surface area (Å²) in [4.78, 5) is 6.60. The Bertz CT molecular complexity index is 610. The Balaban J connectivity index is 2.52. The number of aromatic nitrogens is 2. The number of benzene rings is 1. The molecule has 2 aromatic rings. The number of alkyl halides is 1. The molecule has 0 radical (unpaired) electrons. The zero-order valence-electron chi connectivity index (χ0n) is 11.8. The minimum absolute atomic E-state index is 0.119. The molecule has 1 atom stereocenters. The third-order valence-corrected chi connectivity index (χ3v) is 3.99. The van der Waals surface area contributed by atoms with Gasteiger partial charge in [-0.3, -0.25) is 0 Å². The summed E-state index contributed by atoms with van der Waals surface area (Å²) in [5.74, 6) is 0.905. The van der Waals surface area contributed by atoms with Crippen molar-refractivity contribution < 1.29 is 4.39 Å². The molecule has 0 aliphatic rings. The van der Waals surface area contributed by atoms with Gasteiger partial charge in [-0.25, -0.2) is 9.37 Å². The summed E-state index contributed by atoms with van der Waals surface area (Å²) in [7, 11) is 4.05. The van der Waals surface area contributed by atoms with E-state index in [0.29, 0.717) is 23.9 Å². The molecule has 0 saturated heterocycles. The molecule has 0 amide bonds. The molecule has 3 nitrogen and oxygen atoms in total. The minimum atomic E-state index is -0.443. The van der Waals surface area contributed by atoms with Crippen LogP contribution in [0, 0.1) is 5.82 Å². The highest BCUT2D eigenvalue weighted by Gasteiger charge is 2.16. The number of hydrogen-bond donors (Lipinski definition) is 0. The molecule has 0 aliphatic carbocycles. The van der Waals surface area contributed by atoms with Gasteiger partial charge in [0.05, 0.1) is 16.1 Å². The van der Waals surface area contributed by atoms with Crippen molar-refractivity contribution in [1.29, 1.82) is 0 Å². The molecule has 1 heterocycles. The highest BCUT2D eigenvalue weighted by molar-refractivity contribution is 6.31. The fourth-order valence-electron chi connectivity index (χ4n) is 2.08. The zero-order valence-corrected chi connectivity index (χ0v) is 13.3. The van der Waals surface area contributed by atoms with E-state index in [4.69, 9.17) is 23.2 Å². The predicted octanol–water partition coefficient (Wildman–Crippen LogP) is 3.56. The molecule has 0 bridgehead atoms. The fourth-order valence-corrected chi connectivity index (χ4v) is 2.40. The maximum atomic E-state index is 13.6. The summed E-state index contributed by atoms with van der Waals surface area (Å²) in [5, 5.41) is 0.119. The molecule has 110 valence electrons. The molecular weight excluding hydrogens is 300 g/mol. The third kappa shape index (κ3) is 3.08. The Kier molecular flexibility index (Phi) is 4.89. The molecule has 6 heteroatoms. The van der Waals surface area contributed by atoms with E-state index in [1.165, 1.54) is 6.07 Å². The van der Waals surface area contributed by atoms with E-state index in [1.807, 2.05) is 14.1 Å². The van der Waals surface area contributed by atoms with E-state index in [-0.39, 0.29) is 5.02 Å². The first-order chi connectivity index (χ1) is 9.43. The van der Waals surface area contributed by atoms with Crippen LogP contribution in [0.15, 0.2) is 12.1 Å². The molecule has 20 heavy (non-hydrogen) atoms. The summed E-state index contributed by atoms with van der Waals surface area (Å²) in [6.07, 6.45) is 0.648. The quantitative estimate of drug-likeness (QED) is 0.786. The largest absolute Gasteiger partial charge is 0.326 e. The van der Waals surface area contributed by atoms with Crippen LogP contribution in [0.3, 0.4) is 0 Å². The van der Waals surface area contributed by atoms with Gasteiger partial charge in [0, 0.05) is 31.0 Å². The summed E-state index contributed by atoms with van der Waals surface area (Å²) >= 11 is 11.7. The van der Waals surface area contributed by atoms with Crippen molar-refractivity contribution in [2.45, 2.75) is 25.9 Å².